The highest BCUT2D eigenvalue weighted by molar-refractivity contribution is 9.10. The van der Waals surface area contributed by atoms with E-state index >= 15 is 0 Å². The molecule has 1 N–H and O–H groups in total. The zero-order valence-corrected chi connectivity index (χ0v) is 14.0. The van der Waals surface area contributed by atoms with Gasteiger partial charge in [-0.15, -0.1) is 0 Å². The summed E-state index contributed by atoms with van der Waals surface area (Å²) in [6, 6.07) is 5.96. The van der Waals surface area contributed by atoms with Crippen molar-refractivity contribution in [1.29, 1.82) is 0 Å². The van der Waals surface area contributed by atoms with Crippen molar-refractivity contribution in [2.24, 2.45) is 5.92 Å². The van der Waals surface area contributed by atoms with Crippen molar-refractivity contribution in [3.8, 4) is 0 Å². The lowest BCUT2D eigenvalue weighted by atomic mass is 9.94. The molecule has 0 aliphatic carbocycles. The molecule has 1 saturated heterocycles. The number of hydrogen-bond donors (Lipinski definition) is 1. The number of ether oxygens (including phenoxy) is 1. The molecule has 1 fully saturated rings. The molecule has 1 aliphatic heterocycles. The molecule has 2 unspecified atom stereocenters. The van der Waals surface area contributed by atoms with Crippen LogP contribution in [0.4, 0.5) is 0 Å². The predicted octanol–water partition coefficient (Wildman–Crippen LogP) is 4.57. The molecule has 0 spiro atoms. The largest absolute Gasteiger partial charge is 0.373 e. The van der Waals surface area contributed by atoms with E-state index in [0.29, 0.717) is 5.92 Å². The molecule has 0 amide bonds. The van der Waals surface area contributed by atoms with E-state index in [0.717, 1.165) is 34.6 Å². The Morgan fingerprint density at radius 3 is 2.84 bits per heavy atom. The molecule has 4 heteroatoms. The first-order valence-electron chi connectivity index (χ1n) is 6.68. The number of nitrogens with one attached hydrogen (secondary N) is 1. The topological polar surface area (TPSA) is 21.3 Å². The molecule has 1 aromatic carbocycles. The highest BCUT2D eigenvalue weighted by Gasteiger charge is 2.31. The van der Waals surface area contributed by atoms with Crippen LogP contribution in [0, 0.1) is 5.92 Å². The van der Waals surface area contributed by atoms with Gasteiger partial charge in [-0.1, -0.05) is 27.5 Å². The quantitative estimate of drug-likeness (QED) is 0.865. The molecular formula is C15H21BrClNO. The van der Waals surface area contributed by atoms with Crippen molar-refractivity contribution in [1.82, 2.24) is 5.32 Å². The van der Waals surface area contributed by atoms with Crippen LogP contribution in [0.3, 0.4) is 0 Å². The van der Waals surface area contributed by atoms with E-state index in [4.69, 9.17) is 16.3 Å². The third-order valence-electron chi connectivity index (χ3n) is 3.37. The van der Waals surface area contributed by atoms with Gasteiger partial charge in [0.05, 0.1) is 6.10 Å². The maximum absolute atomic E-state index is 6.31. The fraction of sp³-hybridized carbons (Fsp3) is 0.600. The highest BCUT2D eigenvalue weighted by atomic mass is 79.9. The van der Waals surface area contributed by atoms with E-state index in [2.05, 4.69) is 48.1 Å². The van der Waals surface area contributed by atoms with Crippen LogP contribution in [-0.4, -0.2) is 18.7 Å². The molecule has 1 aliphatic rings. The fourth-order valence-electron chi connectivity index (χ4n) is 2.36. The Kier molecular flexibility index (Phi) is 4.93. The lowest BCUT2D eigenvalue weighted by molar-refractivity contribution is 0.0890. The van der Waals surface area contributed by atoms with Gasteiger partial charge < -0.3 is 10.1 Å². The Morgan fingerprint density at radius 1 is 1.42 bits per heavy atom. The predicted molar refractivity (Wildman–Crippen MR) is 83.7 cm³/mol. The van der Waals surface area contributed by atoms with Gasteiger partial charge in [0.2, 0.25) is 0 Å². The van der Waals surface area contributed by atoms with E-state index in [-0.39, 0.29) is 11.6 Å². The first-order valence-corrected chi connectivity index (χ1v) is 7.85. The summed E-state index contributed by atoms with van der Waals surface area (Å²) in [5.41, 5.74) is 1.23. The SMILES string of the molecule is CC(C)(C)NCC1CCOC1c1cc(Br)ccc1Cl. The maximum atomic E-state index is 6.31. The average Bonchev–Trinajstić information content (AvgIpc) is 2.77. The van der Waals surface area contributed by atoms with Gasteiger partial charge in [0, 0.05) is 39.7 Å². The second kappa shape index (κ2) is 6.13. The second-order valence-electron chi connectivity index (χ2n) is 6.14. The number of halogens is 2. The van der Waals surface area contributed by atoms with Gasteiger partial charge in [-0.05, 0) is 45.4 Å². The lowest BCUT2D eigenvalue weighted by Gasteiger charge is -2.26. The van der Waals surface area contributed by atoms with Gasteiger partial charge in [0.1, 0.15) is 0 Å². The molecule has 106 valence electrons. The molecule has 2 nitrogen and oxygen atoms in total. The van der Waals surface area contributed by atoms with Crippen LogP contribution in [0.2, 0.25) is 5.02 Å². The normalized spacial score (nSPS) is 23.8. The number of rotatable bonds is 3. The summed E-state index contributed by atoms with van der Waals surface area (Å²) in [4.78, 5) is 0. The van der Waals surface area contributed by atoms with Gasteiger partial charge in [-0.25, -0.2) is 0 Å². The molecule has 0 radical (unpaired) electrons. The summed E-state index contributed by atoms with van der Waals surface area (Å²) in [5, 5.41) is 4.35. The number of hydrogen-bond acceptors (Lipinski definition) is 2. The summed E-state index contributed by atoms with van der Waals surface area (Å²) in [6.07, 6.45) is 1.18. The van der Waals surface area contributed by atoms with E-state index in [1.165, 1.54) is 0 Å². The third kappa shape index (κ3) is 4.19. The van der Waals surface area contributed by atoms with Crippen molar-refractivity contribution in [3.63, 3.8) is 0 Å². The molecule has 1 aromatic rings. The summed E-state index contributed by atoms with van der Waals surface area (Å²) in [7, 11) is 0. The van der Waals surface area contributed by atoms with E-state index in [9.17, 15) is 0 Å². The maximum Gasteiger partial charge on any atom is 0.0880 e. The Balaban J connectivity index is 2.12. The van der Waals surface area contributed by atoms with Crippen molar-refractivity contribution >= 4 is 27.5 Å². The van der Waals surface area contributed by atoms with Crippen molar-refractivity contribution in [3.05, 3.63) is 33.3 Å². The first kappa shape index (κ1) is 15.3. The zero-order valence-electron chi connectivity index (χ0n) is 11.7. The van der Waals surface area contributed by atoms with E-state index in [1.54, 1.807) is 0 Å². The minimum absolute atomic E-state index is 0.0971. The molecule has 0 bridgehead atoms. The van der Waals surface area contributed by atoms with Gasteiger partial charge >= 0.3 is 0 Å². The average molecular weight is 347 g/mol. The highest BCUT2D eigenvalue weighted by Crippen LogP contribution is 2.38. The minimum atomic E-state index is 0.0971. The second-order valence-corrected chi connectivity index (χ2v) is 7.46. The van der Waals surface area contributed by atoms with E-state index < -0.39 is 0 Å². The van der Waals surface area contributed by atoms with Crippen LogP contribution in [0.25, 0.3) is 0 Å². The van der Waals surface area contributed by atoms with Crippen LogP contribution in [0.5, 0.6) is 0 Å². The molecular weight excluding hydrogens is 326 g/mol. The Hall–Kier alpha value is -0.0900. The monoisotopic (exact) mass is 345 g/mol. The fourth-order valence-corrected chi connectivity index (χ4v) is 2.96. The Morgan fingerprint density at radius 2 is 2.16 bits per heavy atom. The van der Waals surface area contributed by atoms with Crippen LogP contribution in [0.1, 0.15) is 38.9 Å². The summed E-state index contributed by atoms with van der Waals surface area (Å²) in [6.45, 7) is 8.32. The number of benzene rings is 1. The Bertz CT molecular complexity index is 444. The van der Waals surface area contributed by atoms with Crippen LogP contribution >= 0.6 is 27.5 Å². The summed E-state index contributed by atoms with van der Waals surface area (Å²) in [5.74, 6) is 0.478. The van der Waals surface area contributed by atoms with Crippen molar-refractivity contribution < 1.29 is 4.74 Å². The van der Waals surface area contributed by atoms with E-state index in [1.807, 2.05) is 12.1 Å². The minimum Gasteiger partial charge on any atom is -0.373 e. The summed E-state index contributed by atoms with van der Waals surface area (Å²) < 4.78 is 6.95. The smallest absolute Gasteiger partial charge is 0.0880 e. The van der Waals surface area contributed by atoms with Crippen LogP contribution in [-0.2, 0) is 4.74 Å². The third-order valence-corrected chi connectivity index (χ3v) is 4.21. The van der Waals surface area contributed by atoms with Gasteiger partial charge in [-0.3, -0.25) is 0 Å². The van der Waals surface area contributed by atoms with Crippen molar-refractivity contribution in [2.75, 3.05) is 13.2 Å². The van der Waals surface area contributed by atoms with Crippen LogP contribution in [0.15, 0.2) is 22.7 Å². The molecule has 2 rings (SSSR count). The zero-order chi connectivity index (χ0) is 14.0. The lowest BCUT2D eigenvalue weighted by Crippen LogP contribution is -2.39. The van der Waals surface area contributed by atoms with Gasteiger partial charge in [0.25, 0.3) is 0 Å². The van der Waals surface area contributed by atoms with Gasteiger partial charge in [0.15, 0.2) is 0 Å². The van der Waals surface area contributed by atoms with Crippen molar-refractivity contribution in [2.45, 2.75) is 38.8 Å². The van der Waals surface area contributed by atoms with Crippen LogP contribution < -0.4 is 5.32 Å². The Labute approximate surface area is 129 Å². The molecule has 19 heavy (non-hydrogen) atoms. The van der Waals surface area contributed by atoms with Gasteiger partial charge in [-0.2, -0.15) is 0 Å². The molecule has 0 aromatic heterocycles. The standard InChI is InChI=1S/C15H21BrClNO/c1-15(2,3)18-9-10-6-7-19-14(10)12-8-11(16)4-5-13(12)17/h4-5,8,10,14,18H,6-7,9H2,1-3H3. The molecule has 1 heterocycles. The summed E-state index contributed by atoms with van der Waals surface area (Å²) >= 11 is 9.81. The molecule has 2 atom stereocenters. The first-order chi connectivity index (χ1) is 8.87. The molecule has 0 saturated carbocycles.